The molecule has 1 aromatic carbocycles. The van der Waals surface area contributed by atoms with Crippen molar-refractivity contribution in [2.75, 3.05) is 5.73 Å². The lowest BCUT2D eigenvalue weighted by Gasteiger charge is -2.02. The third-order valence-electron chi connectivity index (χ3n) is 1.71. The standard InChI is InChI=1S/C8H10N2O2.C2H6/c1-5-3-6(2)8(9)7(4-5)10(11)12;1-2/h3-4H,9H2,1-2H3;1-2H3. The van der Waals surface area contributed by atoms with Crippen LogP contribution in [0.4, 0.5) is 11.4 Å². The highest BCUT2D eigenvalue weighted by molar-refractivity contribution is 5.63. The van der Waals surface area contributed by atoms with Crippen LogP contribution in [-0.4, -0.2) is 4.92 Å². The fraction of sp³-hybridized carbons (Fsp3) is 0.400. The van der Waals surface area contributed by atoms with Crippen LogP contribution in [-0.2, 0) is 0 Å². The Morgan fingerprint density at radius 1 is 1.29 bits per heavy atom. The summed E-state index contributed by atoms with van der Waals surface area (Å²) in [6.07, 6.45) is 0. The fourth-order valence-electron chi connectivity index (χ4n) is 1.11. The molecule has 0 aliphatic heterocycles. The van der Waals surface area contributed by atoms with E-state index in [0.717, 1.165) is 11.1 Å². The Bertz CT molecular complexity index is 335. The molecule has 0 heterocycles. The highest BCUT2D eigenvalue weighted by Crippen LogP contribution is 2.25. The number of nitro groups is 1. The molecule has 0 fully saturated rings. The van der Waals surface area contributed by atoms with Crippen LogP contribution in [0, 0.1) is 24.0 Å². The topological polar surface area (TPSA) is 69.2 Å². The van der Waals surface area contributed by atoms with Crippen LogP contribution >= 0.6 is 0 Å². The first kappa shape index (κ1) is 12.4. The highest BCUT2D eigenvalue weighted by Gasteiger charge is 2.12. The van der Waals surface area contributed by atoms with Crippen LogP contribution in [0.5, 0.6) is 0 Å². The van der Waals surface area contributed by atoms with Gasteiger partial charge in [0.25, 0.3) is 5.69 Å². The van der Waals surface area contributed by atoms with Gasteiger partial charge in [-0.1, -0.05) is 19.9 Å². The van der Waals surface area contributed by atoms with E-state index >= 15 is 0 Å². The second-order valence-electron chi connectivity index (χ2n) is 2.77. The molecule has 0 atom stereocenters. The van der Waals surface area contributed by atoms with Crippen molar-refractivity contribution in [3.05, 3.63) is 33.4 Å². The van der Waals surface area contributed by atoms with Gasteiger partial charge in [-0.05, 0) is 25.0 Å². The molecule has 0 aliphatic carbocycles. The van der Waals surface area contributed by atoms with Gasteiger partial charge < -0.3 is 5.73 Å². The molecule has 0 saturated heterocycles. The van der Waals surface area contributed by atoms with Crippen molar-refractivity contribution < 1.29 is 4.92 Å². The molecule has 78 valence electrons. The van der Waals surface area contributed by atoms with E-state index in [2.05, 4.69) is 0 Å². The van der Waals surface area contributed by atoms with Gasteiger partial charge in [0.1, 0.15) is 5.69 Å². The molecule has 0 amide bonds. The molecule has 14 heavy (non-hydrogen) atoms. The van der Waals surface area contributed by atoms with Crippen LogP contribution in [0.2, 0.25) is 0 Å². The number of nitrogens with two attached hydrogens (primary N) is 1. The zero-order valence-electron chi connectivity index (χ0n) is 9.00. The minimum atomic E-state index is -0.463. The lowest BCUT2D eigenvalue weighted by atomic mass is 10.1. The monoisotopic (exact) mass is 196 g/mol. The van der Waals surface area contributed by atoms with Crippen molar-refractivity contribution in [1.82, 2.24) is 0 Å². The van der Waals surface area contributed by atoms with E-state index in [1.807, 2.05) is 19.9 Å². The minimum Gasteiger partial charge on any atom is -0.393 e. The van der Waals surface area contributed by atoms with Gasteiger partial charge in [-0.2, -0.15) is 0 Å². The van der Waals surface area contributed by atoms with E-state index in [4.69, 9.17) is 5.73 Å². The van der Waals surface area contributed by atoms with E-state index in [9.17, 15) is 10.1 Å². The predicted molar refractivity (Wildman–Crippen MR) is 58.3 cm³/mol. The molecule has 1 rings (SSSR count). The normalized spacial score (nSPS) is 8.86. The molecule has 4 heteroatoms. The summed E-state index contributed by atoms with van der Waals surface area (Å²) >= 11 is 0. The van der Waals surface area contributed by atoms with E-state index in [0.29, 0.717) is 0 Å². The number of hydrogen-bond acceptors (Lipinski definition) is 3. The van der Waals surface area contributed by atoms with Gasteiger partial charge >= 0.3 is 0 Å². The number of anilines is 1. The lowest BCUT2D eigenvalue weighted by Crippen LogP contribution is -1.98. The molecule has 0 spiro atoms. The second kappa shape index (κ2) is 5.21. The molecule has 0 aliphatic rings. The summed E-state index contributed by atoms with van der Waals surface area (Å²) in [6, 6.07) is 3.30. The van der Waals surface area contributed by atoms with Crippen LogP contribution in [0.1, 0.15) is 25.0 Å². The Hall–Kier alpha value is -1.58. The summed E-state index contributed by atoms with van der Waals surface area (Å²) in [4.78, 5) is 9.99. The quantitative estimate of drug-likeness (QED) is 0.426. The average molecular weight is 196 g/mol. The molecule has 2 N–H and O–H groups in total. The van der Waals surface area contributed by atoms with Crippen molar-refractivity contribution in [3.8, 4) is 0 Å². The van der Waals surface area contributed by atoms with Crippen LogP contribution in [0.15, 0.2) is 12.1 Å². The molecule has 0 saturated carbocycles. The highest BCUT2D eigenvalue weighted by atomic mass is 16.6. The first-order chi connectivity index (χ1) is 6.52. The van der Waals surface area contributed by atoms with E-state index in [-0.39, 0.29) is 11.4 Å². The zero-order valence-corrected chi connectivity index (χ0v) is 9.00. The minimum absolute atomic E-state index is 0.00694. The number of hydrogen-bond donors (Lipinski definition) is 1. The van der Waals surface area contributed by atoms with Crippen molar-refractivity contribution in [1.29, 1.82) is 0 Å². The van der Waals surface area contributed by atoms with Crippen molar-refractivity contribution >= 4 is 11.4 Å². The van der Waals surface area contributed by atoms with Gasteiger partial charge in [0.2, 0.25) is 0 Å². The van der Waals surface area contributed by atoms with Gasteiger partial charge in [-0.15, -0.1) is 0 Å². The fourth-order valence-corrected chi connectivity index (χ4v) is 1.11. The Balaban J connectivity index is 0.000000791. The van der Waals surface area contributed by atoms with Crippen molar-refractivity contribution in [2.45, 2.75) is 27.7 Å². The number of nitro benzene ring substituents is 1. The Morgan fingerprint density at radius 3 is 2.21 bits per heavy atom. The van der Waals surface area contributed by atoms with Crippen molar-refractivity contribution in [3.63, 3.8) is 0 Å². The van der Waals surface area contributed by atoms with E-state index in [1.54, 1.807) is 13.8 Å². The number of nitrogens with zero attached hydrogens (tertiary/aromatic N) is 1. The molecule has 4 nitrogen and oxygen atoms in total. The molecular weight excluding hydrogens is 180 g/mol. The molecule has 0 bridgehead atoms. The van der Waals surface area contributed by atoms with Crippen molar-refractivity contribution in [2.24, 2.45) is 0 Å². The third kappa shape index (κ3) is 2.73. The summed E-state index contributed by atoms with van der Waals surface area (Å²) in [5, 5.41) is 10.5. The largest absolute Gasteiger partial charge is 0.393 e. The summed E-state index contributed by atoms with van der Waals surface area (Å²) in [5.74, 6) is 0. The molecular formula is C10H16N2O2. The van der Waals surface area contributed by atoms with Crippen LogP contribution in [0.25, 0.3) is 0 Å². The molecule has 0 unspecified atom stereocenters. The van der Waals surface area contributed by atoms with E-state index < -0.39 is 4.92 Å². The SMILES string of the molecule is CC.Cc1cc(C)c(N)c([N+](=O)[O-])c1. The first-order valence-corrected chi connectivity index (χ1v) is 4.53. The summed E-state index contributed by atoms with van der Waals surface area (Å²) in [6.45, 7) is 7.56. The van der Waals surface area contributed by atoms with Gasteiger partial charge in [-0.3, -0.25) is 10.1 Å². The van der Waals surface area contributed by atoms with Crippen LogP contribution < -0.4 is 5.73 Å². The predicted octanol–water partition coefficient (Wildman–Crippen LogP) is 2.82. The maximum absolute atomic E-state index is 10.5. The number of rotatable bonds is 1. The second-order valence-corrected chi connectivity index (χ2v) is 2.77. The zero-order chi connectivity index (χ0) is 11.3. The van der Waals surface area contributed by atoms with Gasteiger partial charge in [-0.25, -0.2) is 0 Å². The summed E-state index contributed by atoms with van der Waals surface area (Å²) < 4.78 is 0. The smallest absolute Gasteiger partial charge is 0.292 e. The Kier molecular flexibility index (Phi) is 4.63. The third-order valence-corrected chi connectivity index (χ3v) is 1.71. The Morgan fingerprint density at radius 2 is 1.79 bits per heavy atom. The first-order valence-electron chi connectivity index (χ1n) is 4.53. The number of nitrogen functional groups attached to an aromatic ring is 1. The van der Waals surface area contributed by atoms with Gasteiger partial charge in [0.15, 0.2) is 0 Å². The summed E-state index contributed by atoms with van der Waals surface area (Å²) in [7, 11) is 0. The Labute approximate surface area is 83.9 Å². The molecule has 0 aromatic heterocycles. The van der Waals surface area contributed by atoms with Gasteiger partial charge in [0, 0.05) is 6.07 Å². The van der Waals surface area contributed by atoms with Crippen LogP contribution in [0.3, 0.4) is 0 Å². The van der Waals surface area contributed by atoms with Gasteiger partial charge in [0.05, 0.1) is 4.92 Å². The number of aryl methyl sites for hydroxylation is 2. The maximum atomic E-state index is 10.5. The molecule has 0 radical (unpaired) electrons. The maximum Gasteiger partial charge on any atom is 0.292 e. The molecule has 1 aromatic rings. The lowest BCUT2D eigenvalue weighted by molar-refractivity contribution is -0.384. The summed E-state index contributed by atoms with van der Waals surface area (Å²) in [5.41, 5.74) is 7.37. The average Bonchev–Trinajstić information content (AvgIpc) is 2.14. The van der Waals surface area contributed by atoms with E-state index in [1.165, 1.54) is 6.07 Å². The number of benzene rings is 1.